The van der Waals surface area contributed by atoms with Crippen molar-refractivity contribution in [1.29, 1.82) is 0 Å². The Morgan fingerprint density at radius 3 is 2.34 bits per heavy atom. The number of carbonyl (C=O) groups is 2. The fourth-order valence-corrected chi connectivity index (χ4v) is 5.20. The number of carboxylic acids is 1. The van der Waals surface area contributed by atoms with Crippen LogP contribution >= 0.6 is 11.3 Å². The summed E-state index contributed by atoms with van der Waals surface area (Å²) in [5, 5.41) is 10.7. The molecule has 35 heavy (non-hydrogen) atoms. The van der Waals surface area contributed by atoms with Crippen LogP contribution < -0.4 is 9.64 Å². The van der Waals surface area contributed by atoms with Crippen LogP contribution in [0, 0.1) is 0 Å². The van der Waals surface area contributed by atoms with E-state index in [1.807, 2.05) is 49.4 Å². The van der Waals surface area contributed by atoms with Gasteiger partial charge in [-0.05, 0) is 67.8 Å². The van der Waals surface area contributed by atoms with Crippen molar-refractivity contribution < 1.29 is 19.4 Å². The molecule has 0 atom stereocenters. The smallest absolute Gasteiger partial charge is 0.336 e. The van der Waals surface area contributed by atoms with E-state index in [4.69, 9.17) is 9.72 Å². The summed E-state index contributed by atoms with van der Waals surface area (Å²) in [6.45, 7) is 8.04. The lowest BCUT2D eigenvalue weighted by Gasteiger charge is -2.23. The van der Waals surface area contributed by atoms with Crippen LogP contribution in [0.4, 0.5) is 5.69 Å². The molecule has 4 aromatic rings. The van der Waals surface area contributed by atoms with Crippen LogP contribution in [0.2, 0.25) is 0 Å². The monoisotopic (exact) mass is 486 g/mol. The number of anilines is 1. The molecule has 0 aliphatic rings. The molecule has 0 aliphatic heterocycles. The highest BCUT2D eigenvalue weighted by Gasteiger charge is 2.23. The van der Waals surface area contributed by atoms with E-state index >= 15 is 0 Å². The van der Waals surface area contributed by atoms with E-state index in [-0.39, 0.29) is 5.56 Å². The minimum Gasteiger partial charge on any atom is -0.478 e. The maximum atomic E-state index is 12.2. The number of carbonyl (C=O) groups excluding carboxylic acids is 1. The number of allylic oxidation sites excluding steroid dienone is 1. The van der Waals surface area contributed by atoms with Gasteiger partial charge in [-0.15, -0.1) is 11.3 Å². The molecule has 6 nitrogen and oxygen atoms in total. The Hall–Kier alpha value is -3.97. The second-order valence-corrected chi connectivity index (χ2v) is 8.93. The number of para-hydroxylation sites is 1. The molecule has 0 amide bonds. The number of rotatable bonds is 9. The summed E-state index contributed by atoms with van der Waals surface area (Å²) >= 11 is 1.54. The molecule has 0 fully saturated rings. The van der Waals surface area contributed by atoms with Crippen LogP contribution in [0.5, 0.6) is 5.75 Å². The van der Waals surface area contributed by atoms with E-state index in [1.165, 1.54) is 11.3 Å². The van der Waals surface area contributed by atoms with E-state index in [9.17, 15) is 14.7 Å². The number of benzene rings is 3. The van der Waals surface area contributed by atoms with E-state index in [0.29, 0.717) is 28.9 Å². The number of nitrogens with zero attached hydrogens (tertiary/aromatic N) is 2. The first-order chi connectivity index (χ1) is 17.0. The largest absolute Gasteiger partial charge is 0.478 e. The van der Waals surface area contributed by atoms with E-state index < -0.39 is 5.97 Å². The Balaban J connectivity index is 2.03. The van der Waals surface area contributed by atoms with Gasteiger partial charge in [0.1, 0.15) is 10.8 Å². The van der Waals surface area contributed by atoms with Gasteiger partial charge in [-0.1, -0.05) is 30.3 Å². The lowest BCUT2D eigenvalue weighted by Crippen LogP contribution is -2.21. The van der Waals surface area contributed by atoms with Crippen molar-refractivity contribution in [1.82, 2.24) is 4.98 Å². The van der Waals surface area contributed by atoms with E-state index in [2.05, 4.69) is 18.7 Å². The van der Waals surface area contributed by atoms with Crippen LogP contribution in [-0.4, -0.2) is 35.6 Å². The Labute approximate surface area is 208 Å². The van der Waals surface area contributed by atoms with Gasteiger partial charge in [0.25, 0.3) is 6.47 Å². The minimum atomic E-state index is -1.03. The van der Waals surface area contributed by atoms with Crippen molar-refractivity contribution in [2.75, 3.05) is 18.0 Å². The highest BCUT2D eigenvalue weighted by molar-refractivity contribution is 7.19. The van der Waals surface area contributed by atoms with Gasteiger partial charge in [0.05, 0.1) is 15.8 Å². The molecule has 3 aromatic carbocycles. The molecule has 0 radical (unpaired) electrons. The van der Waals surface area contributed by atoms with Crippen molar-refractivity contribution in [3.05, 3.63) is 88.4 Å². The second-order valence-electron chi connectivity index (χ2n) is 7.90. The Morgan fingerprint density at radius 2 is 1.69 bits per heavy atom. The molecule has 0 aliphatic carbocycles. The Morgan fingerprint density at radius 1 is 1.00 bits per heavy atom. The third-order valence-corrected chi connectivity index (χ3v) is 7.11. The number of aromatic nitrogens is 1. The topological polar surface area (TPSA) is 79.7 Å². The average molecular weight is 487 g/mol. The second kappa shape index (κ2) is 10.5. The predicted octanol–water partition coefficient (Wildman–Crippen LogP) is 6.35. The van der Waals surface area contributed by atoms with Crippen molar-refractivity contribution in [2.45, 2.75) is 20.8 Å². The van der Waals surface area contributed by atoms with Gasteiger partial charge in [-0.25, -0.2) is 9.78 Å². The zero-order valence-electron chi connectivity index (χ0n) is 19.8. The SMILES string of the molecule is CCN(CC)c1ccc(/C(=C(\C)c2nc3ccccc3s2)c2ccccc2C(=O)O)c(OC=O)c1. The van der Waals surface area contributed by atoms with Crippen LogP contribution in [0.15, 0.2) is 66.7 Å². The van der Waals surface area contributed by atoms with Crippen LogP contribution in [0.25, 0.3) is 21.4 Å². The lowest BCUT2D eigenvalue weighted by atomic mass is 9.89. The number of fused-ring (bicyclic) bond motifs is 1. The van der Waals surface area contributed by atoms with Crippen LogP contribution in [0.3, 0.4) is 0 Å². The molecule has 1 aromatic heterocycles. The third kappa shape index (κ3) is 4.81. The number of thiazole rings is 1. The lowest BCUT2D eigenvalue weighted by molar-refractivity contribution is -0.120. The molecule has 1 heterocycles. The molecule has 0 saturated heterocycles. The highest BCUT2D eigenvalue weighted by Crippen LogP contribution is 2.41. The first-order valence-electron chi connectivity index (χ1n) is 11.4. The fraction of sp³-hybridized carbons (Fsp3) is 0.179. The summed E-state index contributed by atoms with van der Waals surface area (Å²) < 4.78 is 6.49. The molecular formula is C28H26N2O4S. The van der Waals surface area contributed by atoms with Crippen molar-refractivity contribution in [3.8, 4) is 5.75 Å². The molecule has 0 spiro atoms. The Kier molecular flexibility index (Phi) is 7.27. The third-order valence-electron chi connectivity index (χ3n) is 5.95. The molecule has 7 heteroatoms. The fourth-order valence-electron chi connectivity index (χ4n) is 4.23. The predicted molar refractivity (Wildman–Crippen MR) is 141 cm³/mol. The first kappa shape index (κ1) is 24.2. The van der Waals surface area contributed by atoms with Crippen molar-refractivity contribution in [2.24, 2.45) is 0 Å². The quantitative estimate of drug-likeness (QED) is 0.278. The maximum Gasteiger partial charge on any atom is 0.336 e. The summed E-state index contributed by atoms with van der Waals surface area (Å²) in [5.74, 6) is -0.673. The number of hydrogen-bond donors (Lipinski definition) is 1. The van der Waals surface area contributed by atoms with Crippen molar-refractivity contribution in [3.63, 3.8) is 0 Å². The molecule has 0 bridgehead atoms. The summed E-state index contributed by atoms with van der Waals surface area (Å²) in [7, 11) is 0. The van der Waals surface area contributed by atoms with Gasteiger partial charge >= 0.3 is 5.97 Å². The molecule has 4 rings (SSSR count). The van der Waals surface area contributed by atoms with E-state index in [0.717, 1.165) is 39.6 Å². The van der Waals surface area contributed by atoms with Crippen LogP contribution in [0.1, 0.15) is 47.3 Å². The van der Waals surface area contributed by atoms with E-state index in [1.54, 1.807) is 24.3 Å². The molecule has 178 valence electrons. The summed E-state index contributed by atoms with van der Waals surface area (Å²) in [6, 6.07) is 20.4. The number of hydrogen-bond acceptors (Lipinski definition) is 6. The highest BCUT2D eigenvalue weighted by atomic mass is 32.1. The zero-order valence-corrected chi connectivity index (χ0v) is 20.6. The normalized spacial score (nSPS) is 11.7. The first-order valence-corrected chi connectivity index (χ1v) is 12.2. The van der Waals surface area contributed by atoms with Gasteiger partial charge in [-0.2, -0.15) is 0 Å². The van der Waals surface area contributed by atoms with Gasteiger partial charge in [0, 0.05) is 30.4 Å². The van der Waals surface area contributed by atoms with Gasteiger partial charge < -0.3 is 14.7 Å². The summed E-state index contributed by atoms with van der Waals surface area (Å²) in [6.07, 6.45) is 0. The van der Waals surface area contributed by atoms with Crippen molar-refractivity contribution >= 4 is 50.8 Å². The summed E-state index contributed by atoms with van der Waals surface area (Å²) in [5.41, 5.74) is 4.56. The molecule has 0 saturated carbocycles. The van der Waals surface area contributed by atoms with Gasteiger partial charge in [0.15, 0.2) is 0 Å². The van der Waals surface area contributed by atoms with Gasteiger partial charge in [0.2, 0.25) is 0 Å². The standard InChI is InChI=1S/C28H26N2O4S/c1-4-30(5-2)19-14-15-22(24(16-19)34-17-31)26(20-10-6-7-11-21(20)28(32)33)18(3)27-29-23-12-8-9-13-25(23)35-27/h6-17H,4-5H2,1-3H3,(H,32,33)/b26-18+. The summed E-state index contributed by atoms with van der Waals surface area (Å²) in [4.78, 5) is 30.6. The van der Waals surface area contributed by atoms with Gasteiger partial charge in [-0.3, -0.25) is 4.79 Å². The number of carboxylic acid groups (broad SMARTS) is 1. The number of ether oxygens (including phenoxy) is 1. The average Bonchev–Trinajstić information content (AvgIpc) is 3.31. The Bertz CT molecular complexity index is 1390. The maximum absolute atomic E-state index is 12.2. The molecule has 0 unspecified atom stereocenters. The minimum absolute atomic E-state index is 0.160. The number of aromatic carboxylic acids is 1. The molecule has 1 N–H and O–H groups in total. The molecular weight excluding hydrogens is 460 g/mol. The zero-order chi connectivity index (χ0) is 24.9. The van der Waals surface area contributed by atoms with Crippen LogP contribution in [-0.2, 0) is 4.79 Å².